The van der Waals surface area contributed by atoms with Crippen molar-refractivity contribution in [3.05, 3.63) is 90.3 Å². The molecule has 7 nitrogen and oxygen atoms in total. The van der Waals surface area contributed by atoms with Crippen LogP contribution in [-0.4, -0.2) is 34.7 Å². The van der Waals surface area contributed by atoms with Gasteiger partial charge in [-0.1, -0.05) is 42.5 Å². The fourth-order valence-electron chi connectivity index (χ4n) is 3.71. The van der Waals surface area contributed by atoms with Gasteiger partial charge in [-0.05, 0) is 55.3 Å². The molecule has 2 N–H and O–H groups in total. The second-order valence-corrected chi connectivity index (χ2v) is 7.50. The Morgan fingerprint density at radius 1 is 0.939 bits per heavy atom. The van der Waals surface area contributed by atoms with Crippen LogP contribution >= 0.6 is 0 Å². The maximum Gasteiger partial charge on any atom is 0.325 e. The zero-order chi connectivity index (χ0) is 23.0. The maximum absolute atomic E-state index is 12.1. The molecule has 0 spiro atoms. The van der Waals surface area contributed by atoms with Gasteiger partial charge in [0, 0.05) is 17.8 Å². The number of anilines is 1. The van der Waals surface area contributed by atoms with E-state index < -0.39 is 12.0 Å². The number of esters is 1. The van der Waals surface area contributed by atoms with Gasteiger partial charge in [-0.25, -0.2) is 9.78 Å². The molecule has 168 valence electrons. The summed E-state index contributed by atoms with van der Waals surface area (Å²) in [5.74, 6) is 0.510. The van der Waals surface area contributed by atoms with Gasteiger partial charge >= 0.3 is 12.0 Å². The second-order valence-electron chi connectivity index (χ2n) is 7.50. The van der Waals surface area contributed by atoms with Gasteiger partial charge in [0.1, 0.15) is 12.4 Å². The number of urea groups is 1. The topological polar surface area (TPSA) is 85.2 Å². The Hall–Kier alpha value is -4.13. The Bertz CT molecular complexity index is 1250. The van der Waals surface area contributed by atoms with Gasteiger partial charge in [-0.15, -0.1) is 0 Å². The van der Waals surface area contributed by atoms with Crippen LogP contribution in [0.15, 0.2) is 78.9 Å². The average Bonchev–Trinajstić information content (AvgIpc) is 3.21. The molecule has 1 aromatic heterocycles. The number of aromatic nitrogens is 2. The number of benzene rings is 3. The lowest BCUT2D eigenvalue weighted by Crippen LogP contribution is -2.34. The highest BCUT2D eigenvalue weighted by molar-refractivity contribution is 5.91. The molecule has 0 aliphatic heterocycles. The number of carbonyl (C=O) groups excluding carboxylic acids is 2. The normalized spacial score (nSPS) is 10.7. The Labute approximate surface area is 192 Å². The third kappa shape index (κ3) is 5.57. The third-order valence-electron chi connectivity index (χ3n) is 5.17. The van der Waals surface area contributed by atoms with Crippen molar-refractivity contribution in [2.24, 2.45) is 0 Å². The van der Waals surface area contributed by atoms with Crippen LogP contribution in [0.3, 0.4) is 0 Å². The molecule has 0 aliphatic carbocycles. The minimum Gasteiger partial charge on any atom is -0.465 e. The van der Waals surface area contributed by atoms with Crippen LogP contribution in [-0.2, 0) is 22.4 Å². The Morgan fingerprint density at radius 3 is 2.55 bits per heavy atom. The summed E-state index contributed by atoms with van der Waals surface area (Å²) in [5, 5.41) is 5.25. The number of amides is 2. The molecule has 0 saturated heterocycles. The monoisotopic (exact) mass is 442 g/mol. The molecule has 0 unspecified atom stereocenters. The van der Waals surface area contributed by atoms with E-state index in [4.69, 9.17) is 9.72 Å². The van der Waals surface area contributed by atoms with E-state index in [2.05, 4.69) is 33.4 Å². The number of hydrogen-bond acceptors (Lipinski definition) is 4. The van der Waals surface area contributed by atoms with Gasteiger partial charge in [0.05, 0.1) is 17.6 Å². The number of fused-ring (bicyclic) bond motifs is 1. The lowest BCUT2D eigenvalue weighted by Gasteiger charge is -2.11. The van der Waals surface area contributed by atoms with Crippen LogP contribution in [0.5, 0.6) is 0 Å². The van der Waals surface area contributed by atoms with E-state index in [9.17, 15) is 9.59 Å². The van der Waals surface area contributed by atoms with Crippen molar-refractivity contribution in [3.63, 3.8) is 0 Å². The molecule has 4 rings (SSSR count). The molecule has 3 aromatic carbocycles. The predicted molar refractivity (Wildman–Crippen MR) is 129 cm³/mol. The minimum absolute atomic E-state index is 0.172. The minimum atomic E-state index is -0.470. The number of nitrogens with zero attached hydrogens (tertiary/aromatic N) is 2. The Balaban J connectivity index is 1.46. The van der Waals surface area contributed by atoms with E-state index >= 15 is 0 Å². The van der Waals surface area contributed by atoms with E-state index in [-0.39, 0.29) is 13.2 Å². The third-order valence-corrected chi connectivity index (χ3v) is 5.17. The number of para-hydroxylation sites is 3. The lowest BCUT2D eigenvalue weighted by atomic mass is 10.1. The molecule has 4 aromatic rings. The van der Waals surface area contributed by atoms with Gasteiger partial charge in [0.2, 0.25) is 0 Å². The van der Waals surface area contributed by atoms with E-state index in [1.807, 2.05) is 60.7 Å². The zero-order valence-electron chi connectivity index (χ0n) is 18.5. The fraction of sp³-hybridized carbons (Fsp3) is 0.192. The zero-order valence-corrected chi connectivity index (χ0v) is 18.5. The van der Waals surface area contributed by atoms with Crippen LogP contribution in [0.25, 0.3) is 16.7 Å². The summed E-state index contributed by atoms with van der Waals surface area (Å²) in [6, 6.07) is 25.6. The van der Waals surface area contributed by atoms with Gasteiger partial charge in [-0.2, -0.15) is 0 Å². The Kier molecular flexibility index (Phi) is 6.99. The lowest BCUT2D eigenvalue weighted by molar-refractivity contribution is -0.141. The number of carbonyl (C=O) groups is 2. The molecular formula is C26H26N4O3. The van der Waals surface area contributed by atoms with Crippen molar-refractivity contribution < 1.29 is 14.3 Å². The number of aryl methyl sites for hydroxylation is 2. The first-order chi connectivity index (χ1) is 16.1. The standard InChI is InChI=1S/C26H26N4O3/c1-2-33-25(31)18-27-26(32)28-20-10-8-9-19(17-20)15-16-24-29-22-13-6-7-14-23(22)30(24)21-11-4-3-5-12-21/h3-14,17H,2,15-16,18H2,1H3,(H2,27,28,32). The molecule has 0 atom stereocenters. The molecule has 33 heavy (non-hydrogen) atoms. The largest absolute Gasteiger partial charge is 0.465 e. The van der Waals surface area contributed by atoms with Crippen molar-refractivity contribution in [2.75, 3.05) is 18.5 Å². The number of ether oxygens (including phenoxy) is 1. The highest BCUT2D eigenvalue weighted by Crippen LogP contribution is 2.23. The average molecular weight is 443 g/mol. The molecule has 1 heterocycles. The number of rotatable bonds is 8. The smallest absolute Gasteiger partial charge is 0.325 e. The maximum atomic E-state index is 12.1. The second kappa shape index (κ2) is 10.5. The molecule has 0 fully saturated rings. The van der Waals surface area contributed by atoms with Gasteiger partial charge in [0.15, 0.2) is 0 Å². The van der Waals surface area contributed by atoms with Crippen molar-refractivity contribution >= 4 is 28.7 Å². The summed E-state index contributed by atoms with van der Waals surface area (Å²) in [7, 11) is 0. The molecule has 7 heteroatoms. The van der Waals surface area contributed by atoms with Crippen molar-refractivity contribution in [3.8, 4) is 5.69 Å². The van der Waals surface area contributed by atoms with Crippen molar-refractivity contribution in [1.82, 2.24) is 14.9 Å². The van der Waals surface area contributed by atoms with Crippen LogP contribution in [0, 0.1) is 0 Å². The molecule has 0 bridgehead atoms. The molecular weight excluding hydrogens is 416 g/mol. The molecule has 0 saturated carbocycles. The molecule has 0 radical (unpaired) electrons. The molecule has 0 aliphatic rings. The fourth-order valence-corrected chi connectivity index (χ4v) is 3.71. The summed E-state index contributed by atoms with van der Waals surface area (Å²) in [4.78, 5) is 28.3. The summed E-state index contributed by atoms with van der Waals surface area (Å²) < 4.78 is 7.00. The quantitative estimate of drug-likeness (QED) is 0.394. The number of hydrogen-bond donors (Lipinski definition) is 2. The van der Waals surface area contributed by atoms with E-state index in [0.29, 0.717) is 5.69 Å². The number of nitrogens with one attached hydrogen (secondary N) is 2. The van der Waals surface area contributed by atoms with E-state index in [1.54, 1.807) is 6.92 Å². The SMILES string of the molecule is CCOC(=O)CNC(=O)Nc1cccc(CCc2nc3ccccc3n2-c2ccccc2)c1. The summed E-state index contributed by atoms with van der Waals surface area (Å²) >= 11 is 0. The summed E-state index contributed by atoms with van der Waals surface area (Å²) in [6.07, 6.45) is 1.50. The highest BCUT2D eigenvalue weighted by atomic mass is 16.5. The first-order valence-corrected chi connectivity index (χ1v) is 10.9. The van der Waals surface area contributed by atoms with Crippen LogP contribution in [0.4, 0.5) is 10.5 Å². The van der Waals surface area contributed by atoms with Gasteiger partial charge < -0.3 is 15.4 Å². The summed E-state index contributed by atoms with van der Waals surface area (Å²) in [5.41, 5.74) is 4.85. The van der Waals surface area contributed by atoms with Crippen LogP contribution in [0.2, 0.25) is 0 Å². The van der Waals surface area contributed by atoms with E-state index in [1.165, 1.54) is 0 Å². The Morgan fingerprint density at radius 2 is 1.73 bits per heavy atom. The van der Waals surface area contributed by atoms with Crippen molar-refractivity contribution in [2.45, 2.75) is 19.8 Å². The number of imidazole rings is 1. The van der Waals surface area contributed by atoms with Gasteiger partial charge in [0.25, 0.3) is 0 Å². The van der Waals surface area contributed by atoms with Crippen LogP contribution < -0.4 is 10.6 Å². The van der Waals surface area contributed by atoms with Crippen LogP contribution in [0.1, 0.15) is 18.3 Å². The van der Waals surface area contributed by atoms with Gasteiger partial charge in [-0.3, -0.25) is 9.36 Å². The highest BCUT2D eigenvalue weighted by Gasteiger charge is 2.12. The summed E-state index contributed by atoms with van der Waals surface area (Å²) in [6.45, 7) is 1.83. The molecule has 2 amide bonds. The van der Waals surface area contributed by atoms with E-state index in [0.717, 1.165) is 41.0 Å². The first kappa shape index (κ1) is 22.1. The van der Waals surface area contributed by atoms with Crippen molar-refractivity contribution in [1.29, 1.82) is 0 Å². The first-order valence-electron chi connectivity index (χ1n) is 10.9. The predicted octanol–water partition coefficient (Wildman–Crippen LogP) is 4.50.